The van der Waals surface area contributed by atoms with Crippen LogP contribution in [-0.4, -0.2) is 41.9 Å². The van der Waals surface area contributed by atoms with Gasteiger partial charge in [-0.3, -0.25) is 9.69 Å². The van der Waals surface area contributed by atoms with Crippen molar-refractivity contribution < 1.29 is 4.79 Å². The third kappa shape index (κ3) is 3.30. The summed E-state index contributed by atoms with van der Waals surface area (Å²) < 4.78 is 1.20. The molecule has 2 rings (SSSR count). The topological polar surface area (TPSA) is 23.6 Å². The minimum Gasteiger partial charge on any atom is -0.340 e. The molecule has 2 heterocycles. The molecular weight excluding hydrogens is 300 g/mol. The highest BCUT2D eigenvalue weighted by Gasteiger charge is 2.20. The van der Waals surface area contributed by atoms with Crippen LogP contribution in [0.5, 0.6) is 0 Å². The van der Waals surface area contributed by atoms with Crippen LogP contribution in [0.1, 0.15) is 18.2 Å². The van der Waals surface area contributed by atoms with Crippen molar-refractivity contribution >= 4 is 33.2 Å². The standard InChI is InChI=1S/C12H17BrN2OS/c1-2-12(16)15-6-4-14(5-7-15)9-11-10(13)3-8-17-11/h3,8H,2,4-7,9H2,1H3. The smallest absolute Gasteiger partial charge is 0.222 e. The fourth-order valence-corrected chi connectivity index (χ4v) is 3.54. The van der Waals surface area contributed by atoms with Crippen LogP contribution in [0.3, 0.4) is 0 Å². The van der Waals surface area contributed by atoms with E-state index in [1.165, 1.54) is 9.35 Å². The van der Waals surface area contributed by atoms with Gasteiger partial charge in [-0.1, -0.05) is 6.92 Å². The quantitative estimate of drug-likeness (QED) is 0.855. The summed E-state index contributed by atoms with van der Waals surface area (Å²) in [5.74, 6) is 0.280. The normalized spacial score (nSPS) is 17.4. The van der Waals surface area contributed by atoms with Crippen LogP contribution in [0, 0.1) is 0 Å². The summed E-state index contributed by atoms with van der Waals surface area (Å²) in [4.78, 5) is 17.3. The average Bonchev–Trinajstić information content (AvgIpc) is 2.75. The maximum Gasteiger partial charge on any atom is 0.222 e. The van der Waals surface area contributed by atoms with Crippen molar-refractivity contribution in [3.05, 3.63) is 20.8 Å². The molecule has 0 aliphatic carbocycles. The summed E-state index contributed by atoms with van der Waals surface area (Å²) in [6.45, 7) is 6.63. The zero-order valence-corrected chi connectivity index (χ0v) is 12.4. The predicted octanol–water partition coefficient (Wildman–Crippen LogP) is 2.56. The van der Waals surface area contributed by atoms with Gasteiger partial charge in [-0.15, -0.1) is 11.3 Å². The molecule has 1 aromatic rings. The molecule has 0 unspecified atom stereocenters. The number of carbonyl (C=O) groups is 1. The van der Waals surface area contributed by atoms with Gasteiger partial charge in [-0.05, 0) is 27.4 Å². The van der Waals surface area contributed by atoms with E-state index >= 15 is 0 Å². The van der Waals surface area contributed by atoms with Crippen molar-refractivity contribution in [3.8, 4) is 0 Å². The third-order valence-corrected chi connectivity index (χ3v) is 5.00. The first-order valence-electron chi connectivity index (χ1n) is 5.92. The van der Waals surface area contributed by atoms with Crippen molar-refractivity contribution in [3.63, 3.8) is 0 Å². The van der Waals surface area contributed by atoms with E-state index in [2.05, 4.69) is 32.3 Å². The molecule has 0 radical (unpaired) electrons. The number of carbonyl (C=O) groups excluding carboxylic acids is 1. The lowest BCUT2D eigenvalue weighted by Gasteiger charge is -2.34. The van der Waals surface area contributed by atoms with Gasteiger partial charge in [-0.2, -0.15) is 0 Å². The molecule has 5 heteroatoms. The van der Waals surface area contributed by atoms with Crippen molar-refractivity contribution in [1.82, 2.24) is 9.80 Å². The average molecular weight is 317 g/mol. The summed E-state index contributed by atoms with van der Waals surface area (Å²) in [6.07, 6.45) is 0.622. The first-order valence-corrected chi connectivity index (χ1v) is 7.60. The highest BCUT2D eigenvalue weighted by Crippen LogP contribution is 2.24. The zero-order valence-electron chi connectivity index (χ0n) is 9.99. The van der Waals surface area contributed by atoms with E-state index in [0.717, 1.165) is 32.7 Å². The third-order valence-electron chi connectivity index (χ3n) is 3.09. The maximum absolute atomic E-state index is 11.5. The highest BCUT2D eigenvalue weighted by atomic mass is 79.9. The van der Waals surface area contributed by atoms with Crippen LogP contribution >= 0.6 is 27.3 Å². The van der Waals surface area contributed by atoms with Crippen LogP contribution in [0.25, 0.3) is 0 Å². The molecule has 0 aromatic carbocycles. The second-order valence-electron chi connectivity index (χ2n) is 4.20. The summed E-state index contributed by atoms with van der Waals surface area (Å²) in [5, 5.41) is 2.11. The summed E-state index contributed by atoms with van der Waals surface area (Å²) in [6, 6.07) is 2.09. The minimum absolute atomic E-state index is 0.280. The first kappa shape index (κ1) is 13.1. The number of piperazine rings is 1. The molecule has 0 bridgehead atoms. The van der Waals surface area contributed by atoms with Gasteiger partial charge >= 0.3 is 0 Å². The first-order chi connectivity index (χ1) is 8.20. The Morgan fingerprint density at radius 2 is 2.12 bits per heavy atom. The number of hydrogen-bond donors (Lipinski definition) is 0. The van der Waals surface area contributed by atoms with Crippen LogP contribution in [0.15, 0.2) is 15.9 Å². The monoisotopic (exact) mass is 316 g/mol. The van der Waals surface area contributed by atoms with Crippen LogP contribution < -0.4 is 0 Å². The SMILES string of the molecule is CCC(=O)N1CCN(Cc2sccc2Br)CC1. The van der Waals surface area contributed by atoms with Gasteiger partial charge in [0.25, 0.3) is 0 Å². The number of halogens is 1. The number of nitrogens with zero attached hydrogens (tertiary/aromatic N) is 2. The number of thiophene rings is 1. The molecule has 0 spiro atoms. The fraction of sp³-hybridized carbons (Fsp3) is 0.583. The van der Waals surface area contributed by atoms with E-state index in [0.29, 0.717) is 6.42 Å². The fourth-order valence-electron chi connectivity index (χ4n) is 2.02. The Bertz CT molecular complexity index is 386. The van der Waals surface area contributed by atoms with Crippen molar-refractivity contribution in [2.75, 3.05) is 26.2 Å². The predicted molar refractivity (Wildman–Crippen MR) is 74.2 cm³/mol. The van der Waals surface area contributed by atoms with Crippen LogP contribution in [0.2, 0.25) is 0 Å². The van der Waals surface area contributed by atoms with E-state index in [4.69, 9.17) is 0 Å². The minimum atomic E-state index is 0.280. The van der Waals surface area contributed by atoms with Gasteiger partial charge < -0.3 is 4.90 Å². The van der Waals surface area contributed by atoms with E-state index in [9.17, 15) is 4.79 Å². The van der Waals surface area contributed by atoms with Gasteiger partial charge in [0.2, 0.25) is 5.91 Å². The molecule has 0 atom stereocenters. The van der Waals surface area contributed by atoms with Gasteiger partial charge in [0, 0.05) is 48.5 Å². The highest BCUT2D eigenvalue weighted by molar-refractivity contribution is 9.10. The Morgan fingerprint density at radius 1 is 1.41 bits per heavy atom. The largest absolute Gasteiger partial charge is 0.340 e. The molecule has 1 saturated heterocycles. The molecule has 0 N–H and O–H groups in total. The van der Waals surface area contributed by atoms with Crippen LogP contribution in [0.4, 0.5) is 0 Å². The lowest BCUT2D eigenvalue weighted by Crippen LogP contribution is -2.48. The van der Waals surface area contributed by atoms with Gasteiger partial charge in [0.05, 0.1) is 0 Å². The van der Waals surface area contributed by atoms with Gasteiger partial charge in [-0.25, -0.2) is 0 Å². The van der Waals surface area contributed by atoms with E-state index in [1.54, 1.807) is 11.3 Å². The molecule has 1 amide bonds. The Morgan fingerprint density at radius 3 is 2.65 bits per heavy atom. The molecule has 1 aromatic heterocycles. The summed E-state index contributed by atoms with van der Waals surface area (Å²) in [5.41, 5.74) is 0. The van der Waals surface area contributed by atoms with Crippen molar-refractivity contribution in [2.45, 2.75) is 19.9 Å². The maximum atomic E-state index is 11.5. The molecule has 17 heavy (non-hydrogen) atoms. The van der Waals surface area contributed by atoms with E-state index in [-0.39, 0.29) is 5.91 Å². The Labute approximate surface area is 115 Å². The lowest BCUT2D eigenvalue weighted by atomic mass is 10.3. The van der Waals surface area contributed by atoms with Crippen LogP contribution in [-0.2, 0) is 11.3 Å². The second kappa shape index (κ2) is 5.98. The van der Waals surface area contributed by atoms with Crippen molar-refractivity contribution in [1.29, 1.82) is 0 Å². The molecule has 94 valence electrons. The second-order valence-corrected chi connectivity index (χ2v) is 6.06. The Hall–Kier alpha value is -0.390. The molecule has 1 aliphatic heterocycles. The number of amides is 1. The lowest BCUT2D eigenvalue weighted by molar-refractivity contribution is -0.132. The summed E-state index contributed by atoms with van der Waals surface area (Å²) >= 11 is 5.34. The molecule has 0 saturated carbocycles. The molecule has 1 aliphatic rings. The Balaban J connectivity index is 1.83. The molecular formula is C12H17BrN2OS. The van der Waals surface area contributed by atoms with Gasteiger partial charge in [0.1, 0.15) is 0 Å². The molecule has 3 nitrogen and oxygen atoms in total. The summed E-state index contributed by atoms with van der Waals surface area (Å²) in [7, 11) is 0. The van der Waals surface area contributed by atoms with Gasteiger partial charge in [0.15, 0.2) is 0 Å². The molecule has 1 fully saturated rings. The van der Waals surface area contributed by atoms with E-state index < -0.39 is 0 Å². The number of rotatable bonds is 3. The zero-order chi connectivity index (χ0) is 12.3. The number of hydrogen-bond acceptors (Lipinski definition) is 3. The van der Waals surface area contributed by atoms with Crippen molar-refractivity contribution in [2.24, 2.45) is 0 Å². The van der Waals surface area contributed by atoms with E-state index in [1.807, 2.05) is 11.8 Å². The Kier molecular flexibility index (Phi) is 4.59.